The van der Waals surface area contributed by atoms with Gasteiger partial charge in [-0.2, -0.15) is 0 Å². The lowest BCUT2D eigenvalue weighted by Crippen LogP contribution is -2.29. The lowest BCUT2D eigenvalue weighted by atomic mass is 10.0. The van der Waals surface area contributed by atoms with Crippen LogP contribution in [0, 0.1) is 0 Å². The Hall–Kier alpha value is -1.55. The molecule has 90 valence electrons. The third kappa shape index (κ3) is 1.89. The van der Waals surface area contributed by atoms with E-state index >= 15 is 0 Å². The second-order valence-corrected chi connectivity index (χ2v) is 4.86. The van der Waals surface area contributed by atoms with Gasteiger partial charge in [-0.1, -0.05) is 6.42 Å². The van der Waals surface area contributed by atoms with E-state index in [4.69, 9.17) is 0 Å². The predicted molar refractivity (Wildman–Crippen MR) is 67.2 cm³/mol. The molecule has 2 aromatic rings. The summed E-state index contributed by atoms with van der Waals surface area (Å²) in [7, 11) is 2.17. The van der Waals surface area contributed by atoms with Crippen LogP contribution in [0.25, 0.3) is 5.65 Å². The van der Waals surface area contributed by atoms with E-state index in [9.17, 15) is 4.79 Å². The van der Waals surface area contributed by atoms with Gasteiger partial charge in [0.05, 0.1) is 11.7 Å². The maximum atomic E-state index is 11.3. The molecule has 3 rings (SSSR count). The molecule has 1 fully saturated rings. The molecule has 2 aromatic heterocycles. The Morgan fingerprint density at radius 2 is 2.29 bits per heavy atom. The van der Waals surface area contributed by atoms with Crippen LogP contribution in [0.15, 0.2) is 29.3 Å². The largest absolute Gasteiger partial charge is 0.342 e. The lowest BCUT2D eigenvalue weighted by Gasteiger charge is -2.31. The number of hydrogen-bond donors (Lipinski definition) is 1. The minimum Gasteiger partial charge on any atom is -0.342 e. The number of likely N-dealkylation sites (tertiary alicyclic amines) is 1. The van der Waals surface area contributed by atoms with Crippen molar-refractivity contribution >= 4 is 5.65 Å². The third-order valence-corrected chi connectivity index (χ3v) is 3.64. The molecule has 17 heavy (non-hydrogen) atoms. The number of rotatable bonds is 1. The summed E-state index contributed by atoms with van der Waals surface area (Å²) in [6.45, 7) is 1.15. The zero-order valence-electron chi connectivity index (χ0n) is 10.0. The molecular weight excluding hydrogens is 214 g/mol. The number of fused-ring (bicyclic) bond motifs is 1. The number of nitrogens with zero attached hydrogens (tertiary/aromatic N) is 2. The molecule has 0 amide bonds. The lowest BCUT2D eigenvalue weighted by molar-refractivity contribution is 0.184. The molecule has 0 saturated carbocycles. The van der Waals surface area contributed by atoms with Gasteiger partial charge in [-0.25, -0.2) is 0 Å². The van der Waals surface area contributed by atoms with Gasteiger partial charge in [-0.05, 0) is 26.4 Å². The van der Waals surface area contributed by atoms with Gasteiger partial charge in [0.2, 0.25) is 0 Å². The summed E-state index contributed by atoms with van der Waals surface area (Å²) < 4.78 is 1.99. The summed E-state index contributed by atoms with van der Waals surface area (Å²) in [6, 6.07) is 3.69. The summed E-state index contributed by atoms with van der Waals surface area (Å²) >= 11 is 0. The molecule has 0 aromatic carbocycles. The number of H-pyrrole nitrogens is 1. The third-order valence-electron chi connectivity index (χ3n) is 3.64. The van der Waals surface area contributed by atoms with Crippen LogP contribution in [0.4, 0.5) is 0 Å². The molecule has 1 saturated heterocycles. The molecule has 3 heterocycles. The molecular formula is C13H17N3O. The summed E-state index contributed by atoms with van der Waals surface area (Å²) in [5.74, 6) is 0. The van der Waals surface area contributed by atoms with Gasteiger partial charge in [0.15, 0.2) is 5.43 Å². The van der Waals surface area contributed by atoms with Crippen molar-refractivity contribution in [3.05, 3.63) is 40.4 Å². The van der Waals surface area contributed by atoms with E-state index < -0.39 is 0 Å². The second kappa shape index (κ2) is 4.04. The zero-order chi connectivity index (χ0) is 11.8. The standard InChI is InChI=1S/C13H17N3O/c1-15-6-3-2-4-12(15)11-9-16-7-5-10(17)8-13(16)14-11/h5,7-9,12,14H,2-4,6H2,1H3. The smallest absolute Gasteiger partial charge is 0.183 e. The Bertz CT molecular complexity index is 584. The molecule has 0 spiro atoms. The average Bonchev–Trinajstić information content (AvgIpc) is 2.72. The van der Waals surface area contributed by atoms with Crippen LogP contribution < -0.4 is 5.43 Å². The molecule has 4 heteroatoms. The predicted octanol–water partition coefficient (Wildman–Crippen LogP) is 1.78. The van der Waals surface area contributed by atoms with Crippen molar-refractivity contribution in [2.45, 2.75) is 25.3 Å². The van der Waals surface area contributed by atoms with Crippen LogP contribution in [-0.4, -0.2) is 27.9 Å². The van der Waals surface area contributed by atoms with Gasteiger partial charge in [-0.3, -0.25) is 9.69 Å². The SMILES string of the molecule is CN1CCCCC1c1cn2ccc(=O)cc2[nH]1. The zero-order valence-corrected chi connectivity index (χ0v) is 10.0. The van der Waals surface area contributed by atoms with E-state index in [-0.39, 0.29) is 5.43 Å². The van der Waals surface area contributed by atoms with Crippen molar-refractivity contribution in [3.8, 4) is 0 Å². The first-order valence-corrected chi connectivity index (χ1v) is 6.15. The van der Waals surface area contributed by atoms with E-state index in [2.05, 4.69) is 23.1 Å². The highest BCUT2D eigenvalue weighted by atomic mass is 16.1. The van der Waals surface area contributed by atoms with Crippen LogP contribution in [0.3, 0.4) is 0 Å². The summed E-state index contributed by atoms with van der Waals surface area (Å²) in [5, 5.41) is 0. The number of aromatic amines is 1. The summed E-state index contributed by atoms with van der Waals surface area (Å²) in [5.41, 5.74) is 2.14. The topological polar surface area (TPSA) is 40.5 Å². The molecule has 1 aliphatic heterocycles. The number of piperidine rings is 1. The maximum absolute atomic E-state index is 11.3. The Morgan fingerprint density at radius 1 is 1.41 bits per heavy atom. The van der Waals surface area contributed by atoms with E-state index in [1.54, 1.807) is 12.1 Å². The molecule has 1 unspecified atom stereocenters. The van der Waals surface area contributed by atoms with E-state index in [0.717, 1.165) is 12.2 Å². The number of nitrogens with one attached hydrogen (secondary N) is 1. The van der Waals surface area contributed by atoms with Gasteiger partial charge in [0, 0.05) is 24.5 Å². The minimum absolute atomic E-state index is 0.0513. The molecule has 0 radical (unpaired) electrons. The van der Waals surface area contributed by atoms with E-state index in [1.807, 2.05) is 10.6 Å². The average molecular weight is 231 g/mol. The molecule has 4 nitrogen and oxygen atoms in total. The van der Waals surface area contributed by atoms with Gasteiger partial charge in [-0.15, -0.1) is 0 Å². The highest BCUT2D eigenvalue weighted by molar-refractivity contribution is 5.40. The minimum atomic E-state index is 0.0513. The van der Waals surface area contributed by atoms with Crippen molar-refractivity contribution in [3.63, 3.8) is 0 Å². The van der Waals surface area contributed by atoms with Crippen molar-refractivity contribution < 1.29 is 0 Å². The van der Waals surface area contributed by atoms with Crippen LogP contribution in [-0.2, 0) is 0 Å². The van der Waals surface area contributed by atoms with Crippen LogP contribution >= 0.6 is 0 Å². The monoisotopic (exact) mass is 231 g/mol. The number of imidazole rings is 1. The Morgan fingerprint density at radius 3 is 3.12 bits per heavy atom. The Labute approximate surface area is 99.9 Å². The van der Waals surface area contributed by atoms with Crippen molar-refractivity contribution in [1.29, 1.82) is 0 Å². The van der Waals surface area contributed by atoms with Crippen LogP contribution in [0.1, 0.15) is 31.0 Å². The van der Waals surface area contributed by atoms with E-state index in [1.165, 1.54) is 25.0 Å². The Kier molecular flexibility index (Phi) is 2.52. The fourth-order valence-corrected chi connectivity index (χ4v) is 2.67. The molecule has 1 atom stereocenters. The van der Waals surface area contributed by atoms with Gasteiger partial charge < -0.3 is 9.38 Å². The fourth-order valence-electron chi connectivity index (χ4n) is 2.67. The first-order valence-electron chi connectivity index (χ1n) is 6.15. The first-order chi connectivity index (χ1) is 8.24. The molecule has 1 N–H and O–H groups in total. The van der Waals surface area contributed by atoms with Gasteiger partial charge in [0.25, 0.3) is 0 Å². The fraction of sp³-hybridized carbons (Fsp3) is 0.462. The highest BCUT2D eigenvalue weighted by Crippen LogP contribution is 2.28. The summed E-state index contributed by atoms with van der Waals surface area (Å²) in [4.78, 5) is 17.0. The van der Waals surface area contributed by atoms with E-state index in [0.29, 0.717) is 6.04 Å². The number of pyridine rings is 1. The first kappa shape index (κ1) is 10.6. The summed E-state index contributed by atoms with van der Waals surface area (Å²) in [6.07, 6.45) is 7.67. The number of hydrogen-bond acceptors (Lipinski definition) is 2. The Balaban J connectivity index is 2.02. The van der Waals surface area contributed by atoms with Gasteiger partial charge in [0.1, 0.15) is 5.65 Å². The molecule has 0 bridgehead atoms. The maximum Gasteiger partial charge on any atom is 0.183 e. The van der Waals surface area contributed by atoms with Crippen molar-refractivity contribution in [1.82, 2.24) is 14.3 Å². The van der Waals surface area contributed by atoms with Crippen molar-refractivity contribution in [2.75, 3.05) is 13.6 Å². The quantitative estimate of drug-likeness (QED) is 0.812. The van der Waals surface area contributed by atoms with Crippen LogP contribution in [0.5, 0.6) is 0 Å². The van der Waals surface area contributed by atoms with Gasteiger partial charge >= 0.3 is 0 Å². The highest BCUT2D eigenvalue weighted by Gasteiger charge is 2.22. The normalized spacial score (nSPS) is 22.1. The molecule has 1 aliphatic rings. The number of aromatic nitrogens is 2. The second-order valence-electron chi connectivity index (χ2n) is 4.86. The molecule has 0 aliphatic carbocycles. The van der Waals surface area contributed by atoms with Crippen LogP contribution in [0.2, 0.25) is 0 Å². The van der Waals surface area contributed by atoms with Crippen molar-refractivity contribution in [2.24, 2.45) is 0 Å².